The summed E-state index contributed by atoms with van der Waals surface area (Å²) in [6, 6.07) is 0. The fraction of sp³-hybridized carbons (Fsp3) is 0.333. The number of aromatic amines is 1. The fourth-order valence-electron chi connectivity index (χ4n) is 0.330. The van der Waals surface area contributed by atoms with Crippen molar-refractivity contribution < 1.29 is 4.21 Å². The Morgan fingerprint density at radius 2 is 2.62 bits per heavy atom. The lowest BCUT2D eigenvalue weighted by molar-refractivity contribution is 0.683. The molecule has 1 heterocycles. The molecule has 0 bridgehead atoms. The van der Waals surface area contributed by atoms with Gasteiger partial charge >= 0.3 is 0 Å². The molecule has 1 unspecified atom stereocenters. The summed E-state index contributed by atoms with van der Waals surface area (Å²) in [7, 11) is -1.00. The van der Waals surface area contributed by atoms with Gasteiger partial charge in [-0.05, 0) is 0 Å². The molecule has 0 aliphatic rings. The lowest BCUT2D eigenvalue weighted by Gasteiger charge is -1.78. The van der Waals surface area contributed by atoms with E-state index in [4.69, 9.17) is 0 Å². The Labute approximate surface area is 48.8 Å². The van der Waals surface area contributed by atoms with E-state index >= 15 is 0 Å². The van der Waals surface area contributed by atoms with Crippen LogP contribution in [-0.4, -0.2) is 25.9 Å². The lowest BCUT2D eigenvalue weighted by atomic mass is 11.0. The summed E-state index contributed by atoms with van der Waals surface area (Å²) >= 11 is 0. The van der Waals surface area contributed by atoms with E-state index in [9.17, 15) is 4.21 Å². The number of hydrogen-bond acceptors (Lipinski definition) is 3. The Hall–Kier alpha value is -0.710. The Morgan fingerprint density at radius 1 is 1.88 bits per heavy atom. The Balaban J connectivity index is 2.93. The molecule has 5 heteroatoms. The topological polar surface area (TPSA) is 58.6 Å². The number of nitrogens with one attached hydrogen (secondary N) is 1. The van der Waals surface area contributed by atoms with Crippen LogP contribution in [0.1, 0.15) is 0 Å². The van der Waals surface area contributed by atoms with Crippen LogP contribution in [0, 0.1) is 0 Å². The SMILES string of the molecule is CS(=O)c1cn[nH]n1. The summed E-state index contributed by atoms with van der Waals surface area (Å²) in [4.78, 5) is 0. The molecular weight excluding hydrogens is 126 g/mol. The predicted octanol–water partition coefficient (Wildman–Crippen LogP) is -0.458. The van der Waals surface area contributed by atoms with Crippen molar-refractivity contribution in [3.05, 3.63) is 6.20 Å². The molecule has 1 atom stereocenters. The van der Waals surface area contributed by atoms with E-state index in [1.807, 2.05) is 0 Å². The Kier molecular flexibility index (Phi) is 1.38. The number of H-pyrrole nitrogens is 1. The highest BCUT2D eigenvalue weighted by Gasteiger charge is 1.96. The monoisotopic (exact) mass is 131 g/mol. The zero-order chi connectivity index (χ0) is 5.98. The Morgan fingerprint density at radius 3 is 2.88 bits per heavy atom. The molecule has 4 nitrogen and oxygen atoms in total. The maximum Gasteiger partial charge on any atom is 0.168 e. The maximum absolute atomic E-state index is 10.5. The van der Waals surface area contributed by atoms with Gasteiger partial charge in [0.2, 0.25) is 0 Å². The van der Waals surface area contributed by atoms with Crippen LogP contribution < -0.4 is 0 Å². The number of hydrogen-bond donors (Lipinski definition) is 1. The Bertz CT molecular complexity index is 182. The molecule has 0 aliphatic heterocycles. The molecule has 8 heavy (non-hydrogen) atoms. The third kappa shape index (κ3) is 0.919. The summed E-state index contributed by atoms with van der Waals surface area (Å²) in [6.45, 7) is 0. The van der Waals surface area contributed by atoms with Crippen molar-refractivity contribution in [3.8, 4) is 0 Å². The van der Waals surface area contributed by atoms with Crippen molar-refractivity contribution in [2.75, 3.05) is 6.26 Å². The highest BCUT2D eigenvalue weighted by Crippen LogP contribution is 1.91. The normalized spacial score (nSPS) is 13.6. The van der Waals surface area contributed by atoms with Crippen LogP contribution in [0.15, 0.2) is 11.2 Å². The molecule has 44 valence electrons. The lowest BCUT2D eigenvalue weighted by Crippen LogP contribution is -1.85. The minimum Gasteiger partial charge on any atom is -0.253 e. The highest BCUT2D eigenvalue weighted by molar-refractivity contribution is 7.84. The van der Waals surface area contributed by atoms with E-state index in [2.05, 4.69) is 15.4 Å². The van der Waals surface area contributed by atoms with Gasteiger partial charge in [0.1, 0.15) is 0 Å². The van der Waals surface area contributed by atoms with Gasteiger partial charge in [0, 0.05) is 6.26 Å². The van der Waals surface area contributed by atoms with Crippen molar-refractivity contribution in [1.29, 1.82) is 0 Å². The molecule has 1 aromatic heterocycles. The first-order valence-corrected chi connectivity index (χ1v) is 3.55. The van der Waals surface area contributed by atoms with Crippen LogP contribution in [0.5, 0.6) is 0 Å². The summed E-state index contributed by atoms with van der Waals surface area (Å²) in [5.41, 5.74) is 0. The van der Waals surface area contributed by atoms with Gasteiger partial charge in [-0.1, -0.05) is 0 Å². The third-order valence-electron chi connectivity index (χ3n) is 0.687. The molecule has 0 amide bonds. The van der Waals surface area contributed by atoms with Gasteiger partial charge in [-0.25, -0.2) is 0 Å². The van der Waals surface area contributed by atoms with E-state index < -0.39 is 10.8 Å². The third-order valence-corrected chi connectivity index (χ3v) is 1.47. The molecule has 0 spiro atoms. The van der Waals surface area contributed by atoms with Crippen molar-refractivity contribution in [3.63, 3.8) is 0 Å². The fourth-order valence-corrected chi connectivity index (χ4v) is 0.700. The minimum atomic E-state index is -1.00. The number of nitrogens with zero attached hydrogens (tertiary/aromatic N) is 2. The van der Waals surface area contributed by atoms with Gasteiger partial charge in [-0.3, -0.25) is 4.21 Å². The standard InChI is InChI=1S/C3H5N3OS/c1-8(7)3-2-4-6-5-3/h2H,1H3,(H,4,5,6). The summed E-state index contributed by atoms with van der Waals surface area (Å²) in [5.74, 6) is 0. The second-order valence-corrected chi connectivity index (χ2v) is 2.59. The predicted molar refractivity (Wildman–Crippen MR) is 28.7 cm³/mol. The molecule has 1 N–H and O–H groups in total. The smallest absolute Gasteiger partial charge is 0.168 e. The van der Waals surface area contributed by atoms with Crippen LogP contribution in [0.25, 0.3) is 0 Å². The van der Waals surface area contributed by atoms with Gasteiger partial charge in [-0.15, -0.1) is 5.10 Å². The van der Waals surface area contributed by atoms with Crippen molar-refractivity contribution in [1.82, 2.24) is 15.4 Å². The van der Waals surface area contributed by atoms with Crippen LogP contribution >= 0.6 is 0 Å². The van der Waals surface area contributed by atoms with Crippen molar-refractivity contribution in [2.45, 2.75) is 5.03 Å². The van der Waals surface area contributed by atoms with Crippen LogP contribution in [-0.2, 0) is 10.8 Å². The summed E-state index contributed by atoms with van der Waals surface area (Å²) in [6.07, 6.45) is 2.99. The second-order valence-electron chi connectivity index (χ2n) is 1.26. The van der Waals surface area contributed by atoms with Crippen LogP contribution in [0.2, 0.25) is 0 Å². The zero-order valence-corrected chi connectivity index (χ0v) is 5.10. The molecule has 0 aromatic carbocycles. The molecule has 0 saturated heterocycles. The average molecular weight is 131 g/mol. The summed E-state index contributed by atoms with van der Waals surface area (Å²) in [5, 5.41) is 9.90. The second kappa shape index (κ2) is 2.04. The minimum absolute atomic E-state index is 0.491. The van der Waals surface area contributed by atoms with Gasteiger partial charge in [0.25, 0.3) is 0 Å². The van der Waals surface area contributed by atoms with Crippen LogP contribution in [0.3, 0.4) is 0 Å². The highest BCUT2D eigenvalue weighted by atomic mass is 32.2. The quantitative estimate of drug-likeness (QED) is 0.561. The van der Waals surface area contributed by atoms with Gasteiger partial charge in [0.05, 0.1) is 17.0 Å². The van der Waals surface area contributed by atoms with E-state index in [-0.39, 0.29) is 0 Å². The summed E-state index contributed by atoms with van der Waals surface area (Å²) < 4.78 is 10.5. The van der Waals surface area contributed by atoms with Crippen molar-refractivity contribution in [2.24, 2.45) is 0 Å². The molecule has 1 rings (SSSR count). The van der Waals surface area contributed by atoms with Gasteiger partial charge in [0.15, 0.2) is 5.03 Å². The molecule has 0 aliphatic carbocycles. The number of rotatable bonds is 1. The van der Waals surface area contributed by atoms with Crippen molar-refractivity contribution >= 4 is 10.8 Å². The van der Waals surface area contributed by atoms with Crippen LogP contribution in [0.4, 0.5) is 0 Å². The zero-order valence-electron chi connectivity index (χ0n) is 4.29. The van der Waals surface area contributed by atoms with Gasteiger partial charge < -0.3 is 0 Å². The van der Waals surface area contributed by atoms with E-state index in [0.29, 0.717) is 5.03 Å². The average Bonchev–Trinajstić information content (AvgIpc) is 2.12. The molecular formula is C3H5N3OS. The first kappa shape index (κ1) is 5.43. The maximum atomic E-state index is 10.5. The van der Waals surface area contributed by atoms with E-state index in [1.54, 1.807) is 6.26 Å². The number of aromatic nitrogens is 3. The first-order chi connectivity index (χ1) is 3.80. The van der Waals surface area contributed by atoms with E-state index in [0.717, 1.165) is 0 Å². The largest absolute Gasteiger partial charge is 0.253 e. The molecule has 0 radical (unpaired) electrons. The molecule has 0 saturated carbocycles. The van der Waals surface area contributed by atoms with E-state index in [1.165, 1.54) is 6.20 Å². The molecule has 1 aromatic rings. The van der Waals surface area contributed by atoms with Gasteiger partial charge in [-0.2, -0.15) is 10.3 Å². The molecule has 0 fully saturated rings. The first-order valence-electron chi connectivity index (χ1n) is 2.00.